The van der Waals surface area contributed by atoms with E-state index in [1.807, 2.05) is 0 Å². The Labute approximate surface area is 234 Å². The highest BCUT2D eigenvalue weighted by atomic mass is 19.1. The number of carbonyl (C=O) groups is 3. The quantitative estimate of drug-likeness (QED) is 0.207. The predicted octanol–water partition coefficient (Wildman–Crippen LogP) is 4.22. The standard InChI is InChI=1S/C30H27FN4O6/c1-39-14-15-40-26-17-24-22(16-23(26)27(32)36)25(10-13-34-24)41-21-8-6-20(7-9-21)35(19-4-2-18(31)3-5-19)29(38)30(11-12-30)28(33)37/h2-10,13,16-17H,11-12,14-15H2,1H3,(H2,32,36)(H2,33,37). The summed E-state index contributed by atoms with van der Waals surface area (Å²) in [6.07, 6.45) is 2.26. The third-order valence-corrected chi connectivity index (χ3v) is 6.86. The molecule has 3 amide bonds. The Hall–Kier alpha value is -5.03. The molecule has 0 saturated heterocycles. The molecule has 1 aliphatic carbocycles. The van der Waals surface area contributed by atoms with Gasteiger partial charge in [-0.1, -0.05) is 0 Å². The minimum Gasteiger partial charge on any atom is -0.490 e. The Balaban J connectivity index is 1.46. The molecule has 1 fully saturated rings. The van der Waals surface area contributed by atoms with Crippen molar-refractivity contribution in [1.82, 2.24) is 4.98 Å². The second-order valence-corrected chi connectivity index (χ2v) is 9.54. The van der Waals surface area contributed by atoms with Crippen molar-refractivity contribution in [2.24, 2.45) is 16.9 Å². The highest BCUT2D eigenvalue weighted by Gasteiger charge is 2.57. The molecule has 0 aliphatic heterocycles. The first kappa shape index (κ1) is 27.5. The molecule has 1 saturated carbocycles. The van der Waals surface area contributed by atoms with Gasteiger partial charge in [0.05, 0.1) is 17.7 Å². The van der Waals surface area contributed by atoms with E-state index in [9.17, 15) is 18.8 Å². The van der Waals surface area contributed by atoms with Gasteiger partial charge >= 0.3 is 0 Å². The van der Waals surface area contributed by atoms with Gasteiger partial charge in [-0.2, -0.15) is 0 Å². The van der Waals surface area contributed by atoms with Crippen LogP contribution in [0.3, 0.4) is 0 Å². The lowest BCUT2D eigenvalue weighted by molar-refractivity contribution is -0.133. The zero-order valence-electron chi connectivity index (χ0n) is 22.1. The number of pyridine rings is 1. The van der Waals surface area contributed by atoms with Gasteiger partial charge in [0, 0.05) is 36.1 Å². The van der Waals surface area contributed by atoms with E-state index in [0.29, 0.717) is 53.2 Å². The number of benzene rings is 3. The van der Waals surface area contributed by atoms with Gasteiger partial charge in [0.15, 0.2) is 0 Å². The summed E-state index contributed by atoms with van der Waals surface area (Å²) in [6, 6.07) is 16.8. The van der Waals surface area contributed by atoms with Crippen LogP contribution in [-0.2, 0) is 14.3 Å². The highest BCUT2D eigenvalue weighted by Crippen LogP contribution is 2.49. The van der Waals surface area contributed by atoms with Gasteiger partial charge < -0.3 is 25.7 Å². The van der Waals surface area contributed by atoms with Gasteiger partial charge in [-0.3, -0.25) is 24.3 Å². The monoisotopic (exact) mass is 558 g/mol. The first-order chi connectivity index (χ1) is 19.7. The second-order valence-electron chi connectivity index (χ2n) is 9.54. The summed E-state index contributed by atoms with van der Waals surface area (Å²) in [5.41, 5.74) is 11.4. The molecule has 1 aliphatic rings. The Kier molecular flexibility index (Phi) is 7.54. The number of halogens is 1. The van der Waals surface area contributed by atoms with Crippen LogP contribution in [0.15, 0.2) is 72.9 Å². The van der Waals surface area contributed by atoms with Gasteiger partial charge in [-0.15, -0.1) is 0 Å². The molecule has 11 heteroatoms. The summed E-state index contributed by atoms with van der Waals surface area (Å²) in [4.78, 5) is 43.5. The largest absolute Gasteiger partial charge is 0.490 e. The van der Waals surface area contributed by atoms with Crippen molar-refractivity contribution in [3.8, 4) is 17.2 Å². The van der Waals surface area contributed by atoms with Crippen molar-refractivity contribution in [3.63, 3.8) is 0 Å². The van der Waals surface area contributed by atoms with Crippen LogP contribution in [0.2, 0.25) is 0 Å². The number of primary amides is 2. The first-order valence-corrected chi connectivity index (χ1v) is 12.8. The molecule has 10 nitrogen and oxygen atoms in total. The van der Waals surface area contributed by atoms with Crippen LogP contribution in [0.1, 0.15) is 23.2 Å². The molecule has 0 atom stereocenters. The number of hydrogen-bond acceptors (Lipinski definition) is 7. The summed E-state index contributed by atoms with van der Waals surface area (Å²) >= 11 is 0. The number of methoxy groups -OCH3 is 1. The SMILES string of the molecule is COCCOc1cc2nccc(Oc3ccc(N(C(=O)C4(C(N)=O)CC4)c4ccc(F)cc4)cc3)c2cc1C(N)=O. The molecular weight excluding hydrogens is 531 g/mol. The lowest BCUT2D eigenvalue weighted by atomic mass is 10.0. The van der Waals surface area contributed by atoms with E-state index in [-0.39, 0.29) is 17.9 Å². The van der Waals surface area contributed by atoms with Crippen molar-refractivity contribution < 1.29 is 33.0 Å². The normalized spacial score (nSPS) is 13.4. The first-order valence-electron chi connectivity index (χ1n) is 12.8. The molecule has 41 heavy (non-hydrogen) atoms. The number of hydrogen-bond donors (Lipinski definition) is 2. The fraction of sp³-hybridized carbons (Fsp3) is 0.200. The average molecular weight is 559 g/mol. The summed E-state index contributed by atoms with van der Waals surface area (Å²) in [5, 5.41) is 0.532. The fourth-order valence-corrected chi connectivity index (χ4v) is 4.45. The molecule has 0 spiro atoms. The molecule has 3 aromatic carbocycles. The van der Waals surface area contributed by atoms with Crippen LogP contribution in [0.25, 0.3) is 10.9 Å². The second kappa shape index (κ2) is 11.2. The number of rotatable bonds is 11. The number of anilines is 2. The average Bonchev–Trinajstić information content (AvgIpc) is 3.77. The summed E-state index contributed by atoms with van der Waals surface area (Å²) in [5.74, 6) is -1.19. The minimum absolute atomic E-state index is 0.165. The van der Waals surface area contributed by atoms with Crippen molar-refractivity contribution in [3.05, 3.63) is 84.3 Å². The maximum absolute atomic E-state index is 13.6. The molecule has 4 N–H and O–H groups in total. The van der Waals surface area contributed by atoms with E-state index in [1.54, 1.807) is 55.8 Å². The molecule has 210 valence electrons. The topological polar surface area (TPSA) is 147 Å². The van der Waals surface area contributed by atoms with Crippen LogP contribution < -0.4 is 25.8 Å². The van der Waals surface area contributed by atoms with E-state index in [2.05, 4.69) is 4.98 Å². The predicted molar refractivity (Wildman–Crippen MR) is 149 cm³/mol. The lowest BCUT2D eigenvalue weighted by Gasteiger charge is -2.26. The van der Waals surface area contributed by atoms with Gasteiger partial charge in [0.2, 0.25) is 11.8 Å². The summed E-state index contributed by atoms with van der Waals surface area (Å²) < 4.78 is 30.4. The van der Waals surface area contributed by atoms with E-state index >= 15 is 0 Å². The van der Waals surface area contributed by atoms with E-state index in [0.717, 1.165) is 0 Å². The molecule has 0 radical (unpaired) electrons. The summed E-state index contributed by atoms with van der Waals surface area (Å²) in [7, 11) is 1.54. The Morgan fingerprint density at radius 1 is 0.927 bits per heavy atom. The van der Waals surface area contributed by atoms with Gasteiger partial charge in [-0.05, 0) is 73.5 Å². The third kappa shape index (κ3) is 5.52. The zero-order chi connectivity index (χ0) is 29.1. The minimum atomic E-state index is -1.29. The van der Waals surface area contributed by atoms with E-state index in [4.69, 9.17) is 25.7 Å². The zero-order valence-corrected chi connectivity index (χ0v) is 22.1. The van der Waals surface area contributed by atoms with Crippen LogP contribution in [-0.4, -0.2) is 43.0 Å². The number of carbonyl (C=O) groups excluding carboxylic acids is 3. The molecule has 5 rings (SSSR count). The van der Waals surface area contributed by atoms with Gasteiger partial charge in [0.1, 0.15) is 35.1 Å². The molecule has 1 aromatic heterocycles. The van der Waals surface area contributed by atoms with Crippen LogP contribution >= 0.6 is 0 Å². The van der Waals surface area contributed by atoms with Crippen LogP contribution in [0.5, 0.6) is 17.2 Å². The molecule has 4 aromatic rings. The number of fused-ring (bicyclic) bond motifs is 1. The van der Waals surface area contributed by atoms with Crippen molar-refractivity contribution in [2.45, 2.75) is 12.8 Å². The van der Waals surface area contributed by atoms with Crippen molar-refractivity contribution in [2.75, 3.05) is 25.2 Å². The van der Waals surface area contributed by atoms with Crippen LogP contribution in [0.4, 0.5) is 15.8 Å². The number of nitrogens with zero attached hydrogens (tertiary/aromatic N) is 2. The number of amides is 3. The van der Waals surface area contributed by atoms with Gasteiger partial charge in [0.25, 0.3) is 5.91 Å². The number of nitrogens with two attached hydrogens (primary N) is 2. The molecular formula is C30H27FN4O6. The lowest BCUT2D eigenvalue weighted by Crippen LogP contribution is -2.41. The molecule has 0 bridgehead atoms. The number of aromatic nitrogens is 1. The van der Waals surface area contributed by atoms with Gasteiger partial charge in [-0.25, -0.2) is 4.39 Å². The highest BCUT2D eigenvalue weighted by molar-refractivity contribution is 6.16. The van der Waals surface area contributed by atoms with Crippen molar-refractivity contribution in [1.29, 1.82) is 0 Å². The maximum Gasteiger partial charge on any atom is 0.252 e. The van der Waals surface area contributed by atoms with E-state index in [1.165, 1.54) is 29.2 Å². The Morgan fingerprint density at radius 2 is 1.59 bits per heavy atom. The molecule has 1 heterocycles. The Morgan fingerprint density at radius 3 is 2.17 bits per heavy atom. The van der Waals surface area contributed by atoms with E-state index < -0.39 is 29.0 Å². The molecule has 0 unspecified atom stereocenters. The summed E-state index contributed by atoms with van der Waals surface area (Å²) in [6.45, 7) is 0.555. The number of ether oxygens (including phenoxy) is 3. The fourth-order valence-electron chi connectivity index (χ4n) is 4.45. The van der Waals surface area contributed by atoms with Crippen LogP contribution in [0, 0.1) is 11.2 Å². The third-order valence-electron chi connectivity index (χ3n) is 6.86. The smallest absolute Gasteiger partial charge is 0.252 e. The maximum atomic E-state index is 13.6. The Bertz CT molecular complexity index is 1620. The van der Waals surface area contributed by atoms with Crippen molar-refractivity contribution >= 4 is 40.0 Å².